The van der Waals surface area contributed by atoms with Crippen LogP contribution in [0.15, 0.2) is 85.5 Å². The van der Waals surface area contributed by atoms with Crippen molar-refractivity contribution in [2.75, 3.05) is 5.32 Å². The molecule has 0 aliphatic heterocycles. The number of rotatable bonds is 7. The van der Waals surface area contributed by atoms with Gasteiger partial charge in [0.2, 0.25) is 0 Å². The molecule has 194 valence electrons. The first-order valence-electron chi connectivity index (χ1n) is 11.5. The number of para-hydroxylation sites is 1. The zero-order valence-corrected chi connectivity index (χ0v) is 20.7. The number of aromatic nitrogens is 5. The van der Waals surface area contributed by atoms with Gasteiger partial charge in [-0.15, -0.1) is 0 Å². The van der Waals surface area contributed by atoms with E-state index in [1.807, 2.05) is 0 Å². The number of amides is 2. The molecule has 5 aromatic rings. The first kappa shape index (κ1) is 25.6. The second kappa shape index (κ2) is 11.2. The maximum Gasteiger partial charge on any atom is 0.272 e. The Hall–Kier alpha value is -5.03. The molecule has 2 N–H and O–H groups in total. The standard InChI is InChI=1S/C27H18ClF2N7O2/c28-20-12-22(30)19(25-21(29)7-4-9-32-25)11-18(20)26(38)35-24-13-23(36-37(24)17-5-2-1-3-6-17)27(39)33-14-16-8-10-31-15-34-16/h1-13,15H,14H2,(H,33,39)(H,35,38). The van der Waals surface area contributed by atoms with Gasteiger partial charge in [0.15, 0.2) is 5.69 Å². The van der Waals surface area contributed by atoms with Crippen LogP contribution in [0.1, 0.15) is 26.5 Å². The minimum absolute atomic E-state index is 0.0182. The lowest BCUT2D eigenvalue weighted by Gasteiger charge is -2.11. The molecule has 2 amide bonds. The van der Waals surface area contributed by atoms with Gasteiger partial charge in [0.05, 0.1) is 28.5 Å². The molecule has 0 saturated heterocycles. The topological polar surface area (TPSA) is 115 Å². The molecule has 0 bridgehead atoms. The molecule has 0 saturated carbocycles. The summed E-state index contributed by atoms with van der Waals surface area (Å²) in [5.41, 5.74) is 0.546. The van der Waals surface area contributed by atoms with Crippen LogP contribution in [0.25, 0.3) is 16.9 Å². The Bertz CT molecular complexity index is 1660. The van der Waals surface area contributed by atoms with Crippen molar-refractivity contribution >= 4 is 29.2 Å². The third kappa shape index (κ3) is 5.63. The Labute approximate surface area is 225 Å². The smallest absolute Gasteiger partial charge is 0.272 e. The number of hydrogen-bond donors (Lipinski definition) is 2. The predicted octanol–water partition coefficient (Wildman–Crippen LogP) is 4.84. The van der Waals surface area contributed by atoms with Crippen molar-refractivity contribution in [2.45, 2.75) is 6.54 Å². The lowest BCUT2D eigenvalue weighted by atomic mass is 10.1. The van der Waals surface area contributed by atoms with E-state index in [0.29, 0.717) is 11.4 Å². The zero-order chi connectivity index (χ0) is 27.4. The van der Waals surface area contributed by atoms with Crippen molar-refractivity contribution in [3.05, 3.63) is 119 Å². The Morgan fingerprint density at radius 3 is 2.46 bits per heavy atom. The van der Waals surface area contributed by atoms with E-state index in [-0.39, 0.29) is 39.9 Å². The van der Waals surface area contributed by atoms with Crippen LogP contribution < -0.4 is 10.6 Å². The summed E-state index contributed by atoms with van der Waals surface area (Å²) in [5.74, 6) is -2.70. The highest BCUT2D eigenvalue weighted by molar-refractivity contribution is 6.34. The number of anilines is 1. The molecular weight excluding hydrogens is 528 g/mol. The highest BCUT2D eigenvalue weighted by Crippen LogP contribution is 2.30. The van der Waals surface area contributed by atoms with E-state index in [1.54, 1.807) is 42.6 Å². The van der Waals surface area contributed by atoms with Gasteiger partial charge in [-0.1, -0.05) is 29.8 Å². The van der Waals surface area contributed by atoms with Crippen LogP contribution in [0.4, 0.5) is 14.6 Å². The van der Waals surface area contributed by atoms with Gasteiger partial charge in [-0.05, 0) is 42.5 Å². The second-order valence-corrected chi connectivity index (χ2v) is 8.55. The summed E-state index contributed by atoms with van der Waals surface area (Å²) >= 11 is 6.19. The fourth-order valence-corrected chi connectivity index (χ4v) is 3.94. The summed E-state index contributed by atoms with van der Waals surface area (Å²) < 4.78 is 30.3. The van der Waals surface area contributed by atoms with E-state index in [4.69, 9.17) is 11.6 Å². The number of nitrogens with one attached hydrogen (secondary N) is 2. The highest BCUT2D eigenvalue weighted by atomic mass is 35.5. The molecule has 0 unspecified atom stereocenters. The lowest BCUT2D eigenvalue weighted by molar-refractivity contribution is 0.0944. The minimum Gasteiger partial charge on any atom is -0.345 e. The Kier molecular flexibility index (Phi) is 7.32. The van der Waals surface area contributed by atoms with Crippen molar-refractivity contribution in [3.63, 3.8) is 0 Å². The van der Waals surface area contributed by atoms with Gasteiger partial charge in [-0.3, -0.25) is 14.6 Å². The van der Waals surface area contributed by atoms with Gasteiger partial charge >= 0.3 is 0 Å². The molecule has 5 rings (SSSR count). The Balaban J connectivity index is 1.46. The molecule has 3 aromatic heterocycles. The Morgan fingerprint density at radius 2 is 1.72 bits per heavy atom. The molecule has 0 atom stereocenters. The quantitative estimate of drug-likeness (QED) is 0.302. The molecule has 0 radical (unpaired) electrons. The first-order chi connectivity index (χ1) is 18.9. The summed E-state index contributed by atoms with van der Waals surface area (Å²) in [4.78, 5) is 37.9. The predicted molar refractivity (Wildman–Crippen MR) is 139 cm³/mol. The summed E-state index contributed by atoms with van der Waals surface area (Å²) in [7, 11) is 0. The molecule has 0 aliphatic carbocycles. The largest absolute Gasteiger partial charge is 0.345 e. The van der Waals surface area contributed by atoms with Gasteiger partial charge in [0, 0.05) is 24.0 Å². The monoisotopic (exact) mass is 545 g/mol. The maximum absolute atomic E-state index is 14.7. The van der Waals surface area contributed by atoms with Gasteiger partial charge in [-0.2, -0.15) is 5.10 Å². The van der Waals surface area contributed by atoms with Gasteiger partial charge < -0.3 is 10.6 Å². The van der Waals surface area contributed by atoms with Crippen LogP contribution >= 0.6 is 11.6 Å². The van der Waals surface area contributed by atoms with E-state index in [0.717, 1.165) is 18.2 Å². The van der Waals surface area contributed by atoms with Gasteiger partial charge in [0.1, 0.15) is 29.5 Å². The fourth-order valence-electron chi connectivity index (χ4n) is 3.70. The molecular formula is C27H18ClF2N7O2. The molecule has 9 nitrogen and oxygen atoms in total. The van der Waals surface area contributed by atoms with E-state index < -0.39 is 23.4 Å². The van der Waals surface area contributed by atoms with E-state index in [9.17, 15) is 18.4 Å². The second-order valence-electron chi connectivity index (χ2n) is 8.15. The minimum atomic E-state index is -0.842. The number of nitrogens with zero attached hydrogens (tertiary/aromatic N) is 5. The van der Waals surface area contributed by atoms with Crippen LogP contribution in [0.5, 0.6) is 0 Å². The molecule has 39 heavy (non-hydrogen) atoms. The SMILES string of the molecule is O=C(NCc1ccncn1)c1cc(NC(=O)c2cc(-c3ncccc3F)c(F)cc2Cl)n(-c2ccccc2)n1. The van der Waals surface area contributed by atoms with Crippen molar-refractivity contribution in [3.8, 4) is 16.9 Å². The average Bonchev–Trinajstić information content (AvgIpc) is 3.37. The van der Waals surface area contributed by atoms with Crippen LogP contribution in [0.2, 0.25) is 5.02 Å². The number of benzene rings is 2. The molecule has 2 aromatic carbocycles. The Morgan fingerprint density at radius 1 is 0.897 bits per heavy atom. The summed E-state index contributed by atoms with van der Waals surface area (Å²) in [6.07, 6.45) is 4.23. The maximum atomic E-state index is 14.7. The third-order valence-corrected chi connectivity index (χ3v) is 5.89. The number of pyridine rings is 1. The van der Waals surface area contributed by atoms with Gasteiger partial charge in [0.25, 0.3) is 11.8 Å². The van der Waals surface area contributed by atoms with E-state index >= 15 is 0 Å². The number of hydrogen-bond acceptors (Lipinski definition) is 6. The summed E-state index contributed by atoms with van der Waals surface area (Å²) in [6.45, 7) is 0.138. The van der Waals surface area contributed by atoms with Crippen LogP contribution in [0, 0.1) is 11.6 Å². The van der Waals surface area contributed by atoms with Crippen molar-refractivity contribution < 1.29 is 18.4 Å². The number of halogens is 3. The molecule has 0 fully saturated rings. The zero-order valence-electron chi connectivity index (χ0n) is 20.0. The van der Waals surface area contributed by atoms with Crippen LogP contribution in [0.3, 0.4) is 0 Å². The normalized spacial score (nSPS) is 10.7. The molecule has 0 spiro atoms. The lowest BCUT2D eigenvalue weighted by Crippen LogP contribution is -2.23. The number of carbonyl (C=O) groups is 2. The molecule has 3 heterocycles. The van der Waals surface area contributed by atoms with E-state index in [2.05, 4.69) is 30.7 Å². The van der Waals surface area contributed by atoms with Crippen molar-refractivity contribution in [1.29, 1.82) is 0 Å². The highest BCUT2D eigenvalue weighted by Gasteiger charge is 2.22. The van der Waals surface area contributed by atoms with Crippen molar-refractivity contribution in [1.82, 2.24) is 30.0 Å². The van der Waals surface area contributed by atoms with Crippen LogP contribution in [-0.2, 0) is 6.54 Å². The summed E-state index contributed by atoms with van der Waals surface area (Å²) in [6, 6.07) is 16.4. The third-order valence-electron chi connectivity index (χ3n) is 5.57. The first-order valence-corrected chi connectivity index (χ1v) is 11.9. The average molecular weight is 546 g/mol. The number of carbonyl (C=O) groups excluding carboxylic acids is 2. The fraction of sp³-hybridized carbons (Fsp3) is 0.0370. The summed E-state index contributed by atoms with van der Waals surface area (Å²) in [5, 5.41) is 9.54. The van der Waals surface area contributed by atoms with E-state index in [1.165, 1.54) is 29.3 Å². The molecule has 0 aliphatic rings. The van der Waals surface area contributed by atoms with Crippen LogP contribution in [-0.4, -0.2) is 36.5 Å². The van der Waals surface area contributed by atoms with Gasteiger partial charge in [-0.25, -0.2) is 23.4 Å². The van der Waals surface area contributed by atoms with Crippen molar-refractivity contribution in [2.24, 2.45) is 0 Å². The molecule has 12 heteroatoms.